The number of aliphatic hydroxyl groups is 7. The number of terminal acetylenes is 1. The Hall–Kier alpha value is -6.30. The van der Waals surface area contributed by atoms with Crippen LogP contribution in [0.5, 0.6) is 23.0 Å². The zero-order valence-corrected chi connectivity index (χ0v) is 35.5. The van der Waals surface area contributed by atoms with Gasteiger partial charge in [-0.1, -0.05) is 18.2 Å². The van der Waals surface area contributed by atoms with Gasteiger partial charge in [-0.05, 0) is 19.1 Å². The molecule has 2 aliphatic carbocycles. The number of benzene rings is 3. The molecule has 2 heterocycles. The van der Waals surface area contributed by atoms with Gasteiger partial charge in [-0.2, -0.15) is 0 Å². The summed E-state index contributed by atoms with van der Waals surface area (Å²) in [5.41, 5.74) is -5.41. The molecular weight excluding hydrogens is 892 g/mol. The molecule has 1 amide bonds. The number of fused-ring (bicyclic) bond motifs is 3. The number of aromatic hydroxyl groups is 2. The summed E-state index contributed by atoms with van der Waals surface area (Å²) in [7, 11) is 1.26. The summed E-state index contributed by atoms with van der Waals surface area (Å²) in [5, 5.41) is 111. The lowest BCUT2D eigenvalue weighted by Gasteiger charge is -2.42. The van der Waals surface area contributed by atoms with E-state index in [1.807, 2.05) is 0 Å². The molecule has 7 unspecified atom stereocenters. The number of Topliss-reactive ketones (excluding diaryl/α,β-unsaturated/α-hetero) is 1. The first-order valence-corrected chi connectivity index (χ1v) is 20.7. The molecule has 3 aromatic carbocycles. The number of ketones is 3. The molecule has 0 aromatic heterocycles. The lowest BCUT2D eigenvalue weighted by Crippen LogP contribution is -2.60. The van der Waals surface area contributed by atoms with Gasteiger partial charge in [0, 0.05) is 47.6 Å². The average Bonchev–Trinajstić information content (AvgIpc) is 3.30. The van der Waals surface area contributed by atoms with Crippen LogP contribution in [0, 0.1) is 22.5 Å². The Morgan fingerprint density at radius 3 is 2.36 bits per heavy atom. The average molecular weight is 939 g/mol. The molecule has 2 fully saturated rings. The molecule has 2 saturated heterocycles. The van der Waals surface area contributed by atoms with Crippen LogP contribution in [0.3, 0.4) is 0 Å². The van der Waals surface area contributed by atoms with E-state index in [4.69, 9.17) is 34.8 Å². The number of hydrogen-bond donors (Lipinski definition) is 10. The Balaban J connectivity index is 1.13. The van der Waals surface area contributed by atoms with E-state index in [2.05, 4.69) is 11.2 Å². The minimum atomic E-state index is -2.46. The van der Waals surface area contributed by atoms with Crippen molar-refractivity contribution in [3.05, 3.63) is 85.5 Å². The molecule has 0 spiro atoms. The number of carbonyl (C=O) groups is 4. The van der Waals surface area contributed by atoms with Crippen molar-refractivity contribution in [3.63, 3.8) is 0 Å². The van der Waals surface area contributed by atoms with Crippen LogP contribution in [0.2, 0.25) is 0 Å². The molecule has 0 radical (unpaired) electrons. The van der Waals surface area contributed by atoms with Crippen molar-refractivity contribution in [2.24, 2.45) is 0 Å². The topological polar surface area (TPSA) is 361 Å². The van der Waals surface area contributed by atoms with Gasteiger partial charge in [-0.15, -0.1) is 12.3 Å². The van der Waals surface area contributed by atoms with Crippen LogP contribution in [0.25, 0.3) is 0 Å². The molecule has 12 atom stereocenters. The quantitative estimate of drug-likeness (QED) is 0.0353. The van der Waals surface area contributed by atoms with E-state index in [0.717, 1.165) is 12.1 Å². The van der Waals surface area contributed by atoms with Crippen LogP contribution in [0.4, 0.5) is 10.5 Å². The van der Waals surface area contributed by atoms with Crippen molar-refractivity contribution in [1.29, 1.82) is 0 Å². The second-order valence-corrected chi connectivity index (χ2v) is 16.3. The van der Waals surface area contributed by atoms with Gasteiger partial charge in [0.25, 0.3) is 0 Å². The maximum atomic E-state index is 14.0. The third-order valence-electron chi connectivity index (χ3n) is 12.3. The normalized spacial score (nSPS) is 29.3. The Labute approximate surface area is 379 Å². The summed E-state index contributed by atoms with van der Waals surface area (Å²) >= 11 is 0. The van der Waals surface area contributed by atoms with Crippen LogP contribution in [-0.2, 0) is 30.2 Å². The molecule has 23 heteroatoms. The molecule has 3 aromatic rings. The highest BCUT2D eigenvalue weighted by molar-refractivity contribution is 6.31. The molecule has 0 saturated carbocycles. The summed E-state index contributed by atoms with van der Waals surface area (Å²) in [6.45, 7) is -0.545. The fraction of sp³-hybridized carbons (Fsp3) is 0.455. The lowest BCUT2D eigenvalue weighted by molar-refractivity contribution is -0.387. The van der Waals surface area contributed by atoms with E-state index in [1.165, 1.54) is 38.3 Å². The van der Waals surface area contributed by atoms with Crippen molar-refractivity contribution in [1.82, 2.24) is 5.32 Å². The van der Waals surface area contributed by atoms with E-state index in [1.54, 1.807) is 0 Å². The zero-order valence-electron chi connectivity index (χ0n) is 35.5. The van der Waals surface area contributed by atoms with Gasteiger partial charge >= 0.3 is 11.8 Å². The van der Waals surface area contributed by atoms with E-state index >= 15 is 0 Å². The summed E-state index contributed by atoms with van der Waals surface area (Å²) in [6.07, 6.45) is -13.4. The van der Waals surface area contributed by atoms with E-state index in [0.29, 0.717) is 0 Å². The molecule has 10 N–H and O–H groups in total. The second kappa shape index (κ2) is 19.1. The van der Waals surface area contributed by atoms with Gasteiger partial charge in [0.2, 0.25) is 12.1 Å². The van der Waals surface area contributed by atoms with E-state index in [-0.39, 0.29) is 40.0 Å². The minimum Gasteiger partial charge on any atom is -0.507 e. The van der Waals surface area contributed by atoms with Crippen LogP contribution in [-0.4, -0.2) is 155 Å². The highest BCUT2D eigenvalue weighted by Crippen LogP contribution is 2.52. The van der Waals surface area contributed by atoms with Crippen molar-refractivity contribution in [3.8, 4) is 35.3 Å². The number of nitrogens with zero attached hydrogens (tertiary/aromatic N) is 1. The maximum Gasteiger partial charge on any atom is 0.408 e. The first kappa shape index (κ1) is 48.6. The number of ether oxygens (including phenoxy) is 6. The number of phenols is 2. The number of aliphatic hydroxyl groups excluding tert-OH is 6. The summed E-state index contributed by atoms with van der Waals surface area (Å²) in [4.78, 5) is 65.7. The molecule has 358 valence electrons. The molecule has 67 heavy (non-hydrogen) atoms. The number of nitro benzene ring substituents is 1. The number of nitro groups is 1. The summed E-state index contributed by atoms with van der Waals surface area (Å²) < 4.78 is 33.7. The predicted molar refractivity (Wildman–Crippen MR) is 221 cm³/mol. The molecule has 7 rings (SSSR count). The SMILES string of the molecule is C#CCC(OC(=O)NC1CC(O[C@H]2C[C@](O)(C(=O)CO)Cc3c(O)c4c(c(O)c32)C(=O)c2c(OC)cccc2C4=O)OC(C)C1O)c1ccc(O[C@@H]2OC(CO)[C@H](O)[C@H](O)C2O)c([N+](=O)[O-])c1. The van der Waals surface area contributed by atoms with Gasteiger partial charge < -0.3 is 79.7 Å². The summed E-state index contributed by atoms with van der Waals surface area (Å²) in [6, 6.07) is 6.18. The Morgan fingerprint density at radius 1 is 0.985 bits per heavy atom. The van der Waals surface area contributed by atoms with Crippen LogP contribution >= 0.6 is 0 Å². The number of amides is 1. The Bertz CT molecular complexity index is 2520. The number of rotatable bonds is 13. The van der Waals surface area contributed by atoms with Gasteiger partial charge in [-0.25, -0.2) is 4.79 Å². The largest absolute Gasteiger partial charge is 0.507 e. The molecule has 2 aliphatic heterocycles. The Kier molecular flexibility index (Phi) is 13.9. The standard InChI is InChI=1S/C44H46N2O21/c1-4-6-23(18-9-10-24(22(11-18)46(60)61)65-42-41(57)40(56)37(53)27(15-47)66-42)67-43(58)45-21-12-29(63-17(2)34(21)50)64-26-14-44(59,28(49)16-48)13-20-31(26)39(55)33-32(36(20)52)35(51)19-7-5-8-25(62-3)30(19)38(33)54/h1,5,7-11,17,21,23,26-27,29,34,37,40-42,47-48,50,52-53,55-57,59H,6,12-16H2,2-3H3,(H,45,58)/t17?,21?,23?,26-,27?,29?,34?,37-,40-,41?,42+,44-/m0/s1. The van der Waals surface area contributed by atoms with Crippen molar-refractivity contribution in [2.45, 2.75) is 106 Å². The van der Waals surface area contributed by atoms with Gasteiger partial charge in [-0.3, -0.25) is 24.5 Å². The van der Waals surface area contributed by atoms with Crippen LogP contribution in [0.15, 0.2) is 36.4 Å². The Morgan fingerprint density at radius 2 is 1.70 bits per heavy atom. The molecule has 23 nitrogen and oxygen atoms in total. The smallest absolute Gasteiger partial charge is 0.408 e. The highest BCUT2D eigenvalue weighted by Gasteiger charge is 2.51. The van der Waals surface area contributed by atoms with Gasteiger partial charge in [0.15, 0.2) is 23.6 Å². The van der Waals surface area contributed by atoms with Crippen LogP contribution < -0.4 is 14.8 Å². The fourth-order valence-electron chi connectivity index (χ4n) is 8.77. The highest BCUT2D eigenvalue weighted by atomic mass is 16.7. The first-order valence-electron chi connectivity index (χ1n) is 20.7. The van der Waals surface area contributed by atoms with Crippen LogP contribution in [0.1, 0.15) is 86.9 Å². The van der Waals surface area contributed by atoms with Crippen molar-refractivity contribution >= 4 is 29.1 Å². The number of methoxy groups -OCH3 is 1. The maximum absolute atomic E-state index is 14.0. The molecule has 0 bridgehead atoms. The third kappa shape index (κ3) is 8.87. The number of alkyl carbamates (subject to hydrolysis) is 1. The number of hydrogen-bond acceptors (Lipinski definition) is 21. The molecular formula is C44H46N2O21. The van der Waals surface area contributed by atoms with E-state index < -0.39 is 168 Å². The van der Waals surface area contributed by atoms with E-state index in [9.17, 15) is 75.3 Å². The number of phenolic OH excluding ortho intramolecular Hbond substituents is 2. The minimum absolute atomic E-state index is 0.00129. The van der Waals surface area contributed by atoms with Crippen molar-refractivity contribution < 1.29 is 98.5 Å². The van der Waals surface area contributed by atoms with Gasteiger partial charge in [0.05, 0.1) is 60.0 Å². The first-order chi connectivity index (χ1) is 31.8. The lowest BCUT2D eigenvalue weighted by atomic mass is 9.72. The third-order valence-corrected chi connectivity index (χ3v) is 12.3. The number of carbonyl (C=O) groups excluding carboxylic acids is 4. The fourth-order valence-corrected chi connectivity index (χ4v) is 8.77. The van der Waals surface area contributed by atoms with Crippen molar-refractivity contribution in [2.75, 3.05) is 20.3 Å². The number of nitrogens with one attached hydrogen (secondary N) is 1. The summed E-state index contributed by atoms with van der Waals surface area (Å²) in [5.74, 6) is -2.73. The second-order valence-electron chi connectivity index (χ2n) is 16.3. The monoisotopic (exact) mass is 938 g/mol. The zero-order chi connectivity index (χ0) is 48.8. The van der Waals surface area contributed by atoms with Gasteiger partial charge in [0.1, 0.15) is 66.1 Å². The molecule has 4 aliphatic rings. The predicted octanol–water partition coefficient (Wildman–Crippen LogP) is -0.380.